The lowest BCUT2D eigenvalue weighted by molar-refractivity contribution is -0.125. The highest BCUT2D eigenvalue weighted by atomic mass is 35.5. The molecule has 0 saturated carbocycles. The van der Waals surface area contributed by atoms with E-state index in [0.29, 0.717) is 31.3 Å². The maximum absolute atomic E-state index is 15.5. The van der Waals surface area contributed by atoms with Gasteiger partial charge in [0.05, 0.1) is 34.8 Å². The number of halogens is 2. The largest absolute Gasteiger partial charge is 0.490 e. The fourth-order valence-corrected chi connectivity index (χ4v) is 3.44. The molecule has 8 nitrogen and oxygen atoms in total. The highest BCUT2D eigenvalue weighted by Crippen LogP contribution is 2.33. The maximum atomic E-state index is 15.5. The third-order valence-electron chi connectivity index (χ3n) is 5.15. The van der Waals surface area contributed by atoms with Crippen molar-refractivity contribution in [3.8, 4) is 28.5 Å². The molecule has 0 aliphatic rings. The number of nitrogens with two attached hydrogens (primary N) is 1. The van der Waals surface area contributed by atoms with Crippen LogP contribution in [0, 0.1) is 11.2 Å². The second-order valence-electron chi connectivity index (χ2n) is 8.22. The molecule has 0 radical (unpaired) electrons. The van der Waals surface area contributed by atoms with Crippen molar-refractivity contribution in [1.29, 1.82) is 0 Å². The molecule has 0 aliphatic carbocycles. The second-order valence-corrected chi connectivity index (χ2v) is 8.63. The number of pyridine rings is 1. The molecule has 0 fully saturated rings. The molecular weight excluding hydrogens is 463 g/mol. The first-order chi connectivity index (χ1) is 16.1. The molecule has 0 saturated heterocycles. The molecule has 3 N–H and O–H groups in total. The molecule has 0 unspecified atom stereocenters. The number of nitrogens with zero attached hydrogens (tertiary/aromatic N) is 2. The van der Waals surface area contributed by atoms with Gasteiger partial charge in [-0.15, -0.1) is 0 Å². The third kappa shape index (κ3) is 5.98. The number of aromatic amines is 1. The average Bonchev–Trinajstić information content (AvgIpc) is 2.79. The summed E-state index contributed by atoms with van der Waals surface area (Å²) < 4.78 is 26.2. The standard InChI is InChI=1S/C24H26ClFN4O4/c1-4-33-9-10-34-15-6-8-17(28-13-15)18-11-19(31)30-22(29-18)20-16(25)7-5-14(21(20)26)12-24(2,3)23(27)32/h5-8,11,13H,4,9-10,12H2,1-3H3,(H2,27,32)(H,29,30,31). The Kier molecular flexibility index (Phi) is 8.01. The van der Waals surface area contributed by atoms with Gasteiger partial charge in [0.1, 0.15) is 24.0 Å². The van der Waals surface area contributed by atoms with Gasteiger partial charge in [-0.25, -0.2) is 9.37 Å². The van der Waals surface area contributed by atoms with E-state index in [1.54, 1.807) is 26.0 Å². The molecule has 34 heavy (non-hydrogen) atoms. The van der Waals surface area contributed by atoms with E-state index in [1.165, 1.54) is 24.4 Å². The lowest BCUT2D eigenvalue weighted by atomic mass is 9.84. The summed E-state index contributed by atoms with van der Waals surface area (Å²) in [4.78, 5) is 35.3. The Morgan fingerprint density at radius 3 is 2.62 bits per heavy atom. The minimum Gasteiger partial charge on any atom is -0.490 e. The maximum Gasteiger partial charge on any atom is 0.251 e. The first-order valence-electron chi connectivity index (χ1n) is 10.7. The summed E-state index contributed by atoms with van der Waals surface area (Å²) in [7, 11) is 0. The number of ether oxygens (including phenoxy) is 2. The van der Waals surface area contributed by atoms with E-state index in [1.807, 2.05) is 6.92 Å². The van der Waals surface area contributed by atoms with Crippen molar-refractivity contribution in [1.82, 2.24) is 15.0 Å². The van der Waals surface area contributed by atoms with Crippen molar-refractivity contribution in [2.75, 3.05) is 19.8 Å². The molecule has 0 spiro atoms. The monoisotopic (exact) mass is 488 g/mol. The van der Waals surface area contributed by atoms with Crippen molar-refractivity contribution >= 4 is 17.5 Å². The molecule has 3 rings (SSSR count). The molecule has 180 valence electrons. The summed E-state index contributed by atoms with van der Waals surface area (Å²) >= 11 is 6.28. The Morgan fingerprint density at radius 1 is 1.21 bits per heavy atom. The number of carbonyl (C=O) groups is 1. The number of primary amides is 1. The molecule has 1 amide bonds. The molecule has 1 aromatic carbocycles. The van der Waals surface area contributed by atoms with Gasteiger partial charge < -0.3 is 20.2 Å². The number of hydrogen-bond donors (Lipinski definition) is 2. The second kappa shape index (κ2) is 10.8. The Labute approximate surface area is 201 Å². The average molecular weight is 489 g/mol. The molecular formula is C24H26ClFN4O4. The Hall–Kier alpha value is -3.30. The van der Waals surface area contributed by atoms with Crippen LogP contribution in [0.15, 0.2) is 41.3 Å². The van der Waals surface area contributed by atoms with E-state index in [9.17, 15) is 9.59 Å². The van der Waals surface area contributed by atoms with Gasteiger partial charge in [0.25, 0.3) is 5.56 Å². The predicted octanol–water partition coefficient (Wildman–Crippen LogP) is 3.76. The summed E-state index contributed by atoms with van der Waals surface area (Å²) in [5.41, 5.74) is 4.73. The zero-order valence-electron chi connectivity index (χ0n) is 19.2. The SMILES string of the molecule is CCOCCOc1ccc(-c2cc(=O)[nH]c(-c3c(Cl)ccc(CC(C)(C)C(N)=O)c3F)n2)nc1. The third-order valence-corrected chi connectivity index (χ3v) is 5.46. The van der Waals surface area contributed by atoms with Crippen LogP contribution in [0.2, 0.25) is 5.02 Å². The summed E-state index contributed by atoms with van der Waals surface area (Å²) in [6.45, 7) is 6.59. The molecule has 0 atom stereocenters. The van der Waals surface area contributed by atoms with Crippen LogP contribution in [0.3, 0.4) is 0 Å². The normalized spacial score (nSPS) is 11.4. The van der Waals surface area contributed by atoms with Crippen molar-refractivity contribution in [2.45, 2.75) is 27.2 Å². The lowest BCUT2D eigenvalue weighted by Gasteiger charge is -2.21. The predicted molar refractivity (Wildman–Crippen MR) is 127 cm³/mol. The number of nitrogens with one attached hydrogen (secondary N) is 1. The Balaban J connectivity index is 1.94. The number of H-pyrrole nitrogens is 1. The number of rotatable bonds is 10. The topological polar surface area (TPSA) is 120 Å². The van der Waals surface area contributed by atoms with Crippen molar-refractivity contribution in [2.24, 2.45) is 11.1 Å². The van der Waals surface area contributed by atoms with E-state index < -0.39 is 22.7 Å². The van der Waals surface area contributed by atoms with E-state index in [-0.39, 0.29) is 34.1 Å². The number of benzene rings is 1. The fourth-order valence-electron chi connectivity index (χ4n) is 3.20. The van der Waals surface area contributed by atoms with Gasteiger partial charge in [0.15, 0.2) is 0 Å². The lowest BCUT2D eigenvalue weighted by Crippen LogP contribution is -2.33. The van der Waals surface area contributed by atoms with E-state index in [2.05, 4.69) is 15.0 Å². The molecule has 0 bridgehead atoms. The zero-order valence-corrected chi connectivity index (χ0v) is 19.9. The van der Waals surface area contributed by atoms with Crippen molar-refractivity contribution in [3.05, 3.63) is 63.3 Å². The van der Waals surface area contributed by atoms with Gasteiger partial charge in [-0.1, -0.05) is 31.5 Å². The van der Waals surface area contributed by atoms with Gasteiger partial charge in [-0.2, -0.15) is 0 Å². The summed E-state index contributed by atoms with van der Waals surface area (Å²) in [5, 5.41) is 0.0597. The van der Waals surface area contributed by atoms with Crippen molar-refractivity contribution < 1.29 is 18.7 Å². The van der Waals surface area contributed by atoms with Gasteiger partial charge in [-0.05, 0) is 37.1 Å². The first-order valence-corrected chi connectivity index (χ1v) is 11.1. The summed E-state index contributed by atoms with van der Waals surface area (Å²) in [5.74, 6) is -0.767. The molecule has 2 aromatic heterocycles. The summed E-state index contributed by atoms with van der Waals surface area (Å²) in [6, 6.07) is 7.57. The highest BCUT2D eigenvalue weighted by Gasteiger charge is 2.28. The van der Waals surface area contributed by atoms with Gasteiger partial charge in [-0.3, -0.25) is 14.6 Å². The van der Waals surface area contributed by atoms with Crippen LogP contribution < -0.4 is 16.0 Å². The minimum atomic E-state index is -0.981. The number of aromatic nitrogens is 3. The van der Waals surface area contributed by atoms with Crippen molar-refractivity contribution in [3.63, 3.8) is 0 Å². The van der Waals surface area contributed by atoms with E-state index in [0.717, 1.165) is 0 Å². The zero-order chi connectivity index (χ0) is 24.9. The molecule has 2 heterocycles. The summed E-state index contributed by atoms with van der Waals surface area (Å²) in [6.07, 6.45) is 1.55. The quantitative estimate of drug-likeness (QED) is 0.419. The van der Waals surface area contributed by atoms with Crippen LogP contribution in [-0.4, -0.2) is 40.7 Å². The van der Waals surface area contributed by atoms with E-state index >= 15 is 4.39 Å². The number of carbonyl (C=O) groups excluding carboxylic acids is 1. The number of hydrogen-bond acceptors (Lipinski definition) is 6. The highest BCUT2D eigenvalue weighted by molar-refractivity contribution is 6.33. The smallest absolute Gasteiger partial charge is 0.251 e. The first kappa shape index (κ1) is 25.3. The van der Waals surface area contributed by atoms with Gasteiger partial charge >= 0.3 is 0 Å². The van der Waals surface area contributed by atoms with Crippen LogP contribution >= 0.6 is 11.6 Å². The molecule has 0 aliphatic heterocycles. The van der Waals surface area contributed by atoms with Crippen LogP contribution in [-0.2, 0) is 16.0 Å². The molecule has 10 heteroatoms. The van der Waals surface area contributed by atoms with E-state index in [4.69, 9.17) is 26.8 Å². The Bertz CT molecular complexity index is 1230. The minimum absolute atomic E-state index is 0.0502. The van der Waals surface area contributed by atoms with Crippen LogP contribution in [0.5, 0.6) is 5.75 Å². The molecule has 3 aromatic rings. The van der Waals surface area contributed by atoms with Gasteiger partial charge in [0, 0.05) is 18.1 Å². The van der Waals surface area contributed by atoms with Crippen LogP contribution in [0.4, 0.5) is 4.39 Å². The number of amides is 1. The Morgan fingerprint density at radius 2 is 1.97 bits per heavy atom. The van der Waals surface area contributed by atoms with Crippen LogP contribution in [0.25, 0.3) is 22.8 Å². The van der Waals surface area contributed by atoms with Gasteiger partial charge in [0.2, 0.25) is 5.91 Å². The van der Waals surface area contributed by atoms with Crippen LogP contribution in [0.1, 0.15) is 26.3 Å². The fraction of sp³-hybridized carbons (Fsp3) is 0.333.